The van der Waals surface area contributed by atoms with Crippen LogP contribution in [0.1, 0.15) is 24.1 Å². The number of hydrogen-bond donors (Lipinski definition) is 1. The van der Waals surface area contributed by atoms with E-state index >= 15 is 0 Å². The lowest BCUT2D eigenvalue weighted by Crippen LogP contribution is -2.08. The molecule has 2 aromatic carbocycles. The van der Waals surface area contributed by atoms with Crippen molar-refractivity contribution in [3.63, 3.8) is 0 Å². The van der Waals surface area contributed by atoms with Crippen LogP contribution in [0.15, 0.2) is 42.5 Å². The molecule has 1 unspecified atom stereocenters. The Labute approximate surface area is 119 Å². The molecule has 0 aromatic heterocycles. The first-order valence-electron chi connectivity index (χ1n) is 6.27. The van der Waals surface area contributed by atoms with E-state index in [0.29, 0.717) is 0 Å². The Morgan fingerprint density at radius 2 is 1.89 bits per heavy atom. The normalized spacial score (nSPS) is 12.0. The van der Waals surface area contributed by atoms with Crippen LogP contribution in [-0.4, -0.2) is 7.11 Å². The van der Waals surface area contributed by atoms with Gasteiger partial charge >= 0.3 is 0 Å². The molecule has 0 saturated carbocycles. The summed E-state index contributed by atoms with van der Waals surface area (Å²) in [6.45, 7) is 4.15. The lowest BCUT2D eigenvalue weighted by Gasteiger charge is -2.19. The smallest absolute Gasteiger partial charge is 0.141 e. The minimum Gasteiger partial charge on any atom is -0.495 e. The molecule has 0 radical (unpaired) electrons. The topological polar surface area (TPSA) is 21.3 Å². The van der Waals surface area contributed by atoms with Crippen molar-refractivity contribution in [2.24, 2.45) is 0 Å². The third-order valence-corrected chi connectivity index (χ3v) is 3.44. The highest BCUT2D eigenvalue weighted by molar-refractivity contribution is 6.31. The molecular formula is C16H18ClNO. The third-order valence-electron chi connectivity index (χ3n) is 3.10. The van der Waals surface area contributed by atoms with Gasteiger partial charge in [0.05, 0.1) is 18.8 Å². The van der Waals surface area contributed by atoms with Gasteiger partial charge in [-0.05, 0) is 43.2 Å². The van der Waals surface area contributed by atoms with Gasteiger partial charge in [-0.15, -0.1) is 0 Å². The molecule has 0 heterocycles. The van der Waals surface area contributed by atoms with Crippen molar-refractivity contribution in [1.29, 1.82) is 0 Å². The summed E-state index contributed by atoms with van der Waals surface area (Å²) in [5, 5.41) is 4.22. The number of nitrogens with one attached hydrogen (secondary N) is 1. The number of methoxy groups -OCH3 is 1. The third kappa shape index (κ3) is 3.21. The Morgan fingerprint density at radius 1 is 1.16 bits per heavy atom. The zero-order chi connectivity index (χ0) is 13.8. The monoisotopic (exact) mass is 275 g/mol. The zero-order valence-electron chi connectivity index (χ0n) is 11.4. The SMILES string of the molecule is COc1ccc(C)cc1NC(C)c1ccccc1Cl. The summed E-state index contributed by atoms with van der Waals surface area (Å²) in [5.41, 5.74) is 3.25. The highest BCUT2D eigenvalue weighted by atomic mass is 35.5. The second-order valence-electron chi connectivity index (χ2n) is 4.59. The van der Waals surface area contributed by atoms with Gasteiger partial charge in [0, 0.05) is 5.02 Å². The van der Waals surface area contributed by atoms with E-state index in [1.54, 1.807) is 7.11 Å². The number of anilines is 1. The standard InChI is InChI=1S/C16H18ClNO/c1-11-8-9-16(19-3)15(10-11)18-12(2)13-6-4-5-7-14(13)17/h4-10,12,18H,1-3H3. The van der Waals surface area contributed by atoms with E-state index in [4.69, 9.17) is 16.3 Å². The summed E-state index contributed by atoms with van der Waals surface area (Å²) in [7, 11) is 1.68. The van der Waals surface area contributed by atoms with Crippen LogP contribution in [0.2, 0.25) is 5.02 Å². The summed E-state index contributed by atoms with van der Waals surface area (Å²) < 4.78 is 5.37. The van der Waals surface area contributed by atoms with Crippen molar-refractivity contribution in [2.45, 2.75) is 19.9 Å². The Kier molecular flexibility index (Phi) is 4.33. The van der Waals surface area contributed by atoms with E-state index in [1.807, 2.05) is 36.4 Å². The maximum atomic E-state index is 6.22. The fraction of sp³-hybridized carbons (Fsp3) is 0.250. The summed E-state index contributed by atoms with van der Waals surface area (Å²) in [6.07, 6.45) is 0. The molecule has 0 aliphatic heterocycles. The van der Waals surface area contributed by atoms with E-state index in [9.17, 15) is 0 Å². The van der Waals surface area contributed by atoms with Crippen LogP contribution in [0, 0.1) is 6.92 Å². The van der Waals surface area contributed by atoms with Gasteiger partial charge in [-0.3, -0.25) is 0 Å². The van der Waals surface area contributed by atoms with Gasteiger partial charge in [0.2, 0.25) is 0 Å². The molecular weight excluding hydrogens is 258 g/mol. The predicted molar refractivity (Wildman–Crippen MR) is 81.2 cm³/mol. The number of benzene rings is 2. The lowest BCUT2D eigenvalue weighted by atomic mass is 10.1. The molecule has 2 rings (SSSR count). The molecule has 0 amide bonds. The molecule has 0 aliphatic rings. The maximum absolute atomic E-state index is 6.22. The van der Waals surface area contributed by atoms with Crippen LogP contribution >= 0.6 is 11.6 Å². The molecule has 0 fully saturated rings. The molecule has 1 atom stereocenters. The molecule has 19 heavy (non-hydrogen) atoms. The highest BCUT2D eigenvalue weighted by Crippen LogP contribution is 2.31. The Balaban J connectivity index is 2.26. The Hall–Kier alpha value is -1.67. The van der Waals surface area contributed by atoms with E-state index in [1.165, 1.54) is 5.56 Å². The second kappa shape index (κ2) is 5.98. The van der Waals surface area contributed by atoms with Crippen LogP contribution in [0.4, 0.5) is 5.69 Å². The average Bonchev–Trinajstić information content (AvgIpc) is 2.39. The molecule has 0 spiro atoms. The lowest BCUT2D eigenvalue weighted by molar-refractivity contribution is 0.416. The van der Waals surface area contributed by atoms with Gasteiger partial charge in [-0.25, -0.2) is 0 Å². The van der Waals surface area contributed by atoms with Crippen molar-refractivity contribution in [3.8, 4) is 5.75 Å². The van der Waals surface area contributed by atoms with Crippen molar-refractivity contribution >= 4 is 17.3 Å². The summed E-state index contributed by atoms with van der Waals surface area (Å²) in [5.74, 6) is 0.838. The largest absolute Gasteiger partial charge is 0.495 e. The quantitative estimate of drug-likeness (QED) is 0.863. The van der Waals surface area contributed by atoms with Gasteiger partial charge in [0.1, 0.15) is 5.75 Å². The molecule has 0 bridgehead atoms. The molecule has 2 aromatic rings. The maximum Gasteiger partial charge on any atom is 0.141 e. The van der Waals surface area contributed by atoms with Crippen LogP contribution in [0.5, 0.6) is 5.75 Å². The number of rotatable bonds is 4. The summed E-state index contributed by atoms with van der Waals surface area (Å²) in [4.78, 5) is 0. The Morgan fingerprint density at radius 3 is 2.58 bits per heavy atom. The fourth-order valence-electron chi connectivity index (χ4n) is 2.07. The molecule has 0 aliphatic carbocycles. The number of aryl methyl sites for hydroxylation is 1. The van der Waals surface area contributed by atoms with Gasteiger partial charge in [-0.2, -0.15) is 0 Å². The highest BCUT2D eigenvalue weighted by Gasteiger charge is 2.11. The van der Waals surface area contributed by atoms with E-state index < -0.39 is 0 Å². The zero-order valence-corrected chi connectivity index (χ0v) is 12.2. The molecule has 0 saturated heterocycles. The fourth-order valence-corrected chi connectivity index (χ4v) is 2.37. The number of ether oxygens (including phenoxy) is 1. The molecule has 2 nitrogen and oxygen atoms in total. The number of halogens is 1. The van der Waals surface area contributed by atoms with E-state index in [-0.39, 0.29) is 6.04 Å². The van der Waals surface area contributed by atoms with Crippen LogP contribution in [0.3, 0.4) is 0 Å². The van der Waals surface area contributed by atoms with Gasteiger partial charge < -0.3 is 10.1 Å². The van der Waals surface area contributed by atoms with Crippen LogP contribution < -0.4 is 10.1 Å². The first kappa shape index (κ1) is 13.8. The van der Waals surface area contributed by atoms with E-state index in [0.717, 1.165) is 22.0 Å². The first-order valence-corrected chi connectivity index (χ1v) is 6.65. The minimum atomic E-state index is 0.115. The molecule has 100 valence electrons. The van der Waals surface area contributed by atoms with Crippen molar-refractivity contribution in [1.82, 2.24) is 0 Å². The predicted octanol–water partition coefficient (Wildman–Crippen LogP) is 4.83. The summed E-state index contributed by atoms with van der Waals surface area (Å²) >= 11 is 6.22. The average molecular weight is 276 g/mol. The van der Waals surface area contributed by atoms with Crippen LogP contribution in [0.25, 0.3) is 0 Å². The number of hydrogen-bond acceptors (Lipinski definition) is 2. The van der Waals surface area contributed by atoms with Crippen molar-refractivity contribution < 1.29 is 4.74 Å². The van der Waals surface area contributed by atoms with Gasteiger partial charge in [-0.1, -0.05) is 35.9 Å². The minimum absolute atomic E-state index is 0.115. The van der Waals surface area contributed by atoms with Crippen molar-refractivity contribution in [2.75, 3.05) is 12.4 Å². The second-order valence-corrected chi connectivity index (χ2v) is 5.00. The van der Waals surface area contributed by atoms with Gasteiger partial charge in [0.25, 0.3) is 0 Å². The van der Waals surface area contributed by atoms with Gasteiger partial charge in [0.15, 0.2) is 0 Å². The molecule has 1 N–H and O–H groups in total. The van der Waals surface area contributed by atoms with Crippen LogP contribution in [-0.2, 0) is 0 Å². The van der Waals surface area contributed by atoms with E-state index in [2.05, 4.69) is 25.2 Å². The summed E-state index contributed by atoms with van der Waals surface area (Å²) in [6, 6.07) is 14.1. The van der Waals surface area contributed by atoms with Crippen molar-refractivity contribution in [3.05, 3.63) is 58.6 Å². The molecule has 3 heteroatoms. The first-order chi connectivity index (χ1) is 9.11. The Bertz CT molecular complexity index is 568.